The van der Waals surface area contributed by atoms with Gasteiger partial charge in [0.15, 0.2) is 11.2 Å². The van der Waals surface area contributed by atoms with E-state index < -0.39 is 41.3 Å². The number of nitrogens with zero attached hydrogens (tertiary/aromatic N) is 4. The molecule has 3 amide bonds. The molecule has 1 aromatic carbocycles. The molecule has 0 aliphatic carbocycles. The Morgan fingerprint density at radius 1 is 1.05 bits per heavy atom. The van der Waals surface area contributed by atoms with Crippen LogP contribution in [0.15, 0.2) is 35.3 Å². The fraction of sp³-hybridized carbons (Fsp3) is 0.261. The van der Waals surface area contributed by atoms with Crippen LogP contribution < -0.4 is 21.9 Å². The van der Waals surface area contributed by atoms with Crippen LogP contribution >= 0.6 is 0 Å². The summed E-state index contributed by atoms with van der Waals surface area (Å²) in [7, 11) is 0. The van der Waals surface area contributed by atoms with Crippen molar-refractivity contribution in [2.75, 3.05) is 11.1 Å². The van der Waals surface area contributed by atoms with E-state index in [-0.39, 0.29) is 60.0 Å². The molecular formula is C23H24N8O9. The molecule has 3 aromatic rings. The Bertz CT molecular complexity index is 1490. The Morgan fingerprint density at radius 2 is 1.70 bits per heavy atom. The summed E-state index contributed by atoms with van der Waals surface area (Å²) in [4.78, 5) is 81.0. The summed E-state index contributed by atoms with van der Waals surface area (Å²) in [5.41, 5.74) is 6.47. The predicted molar refractivity (Wildman–Crippen MR) is 135 cm³/mol. The van der Waals surface area contributed by atoms with Crippen LogP contribution in [0.2, 0.25) is 0 Å². The molecular weight excluding hydrogens is 532 g/mol. The van der Waals surface area contributed by atoms with Crippen LogP contribution in [0.3, 0.4) is 0 Å². The van der Waals surface area contributed by atoms with Gasteiger partial charge >= 0.3 is 11.9 Å². The van der Waals surface area contributed by atoms with E-state index in [0.29, 0.717) is 11.4 Å². The topological polar surface area (TPSA) is 271 Å². The zero-order chi connectivity index (χ0) is 29.4. The van der Waals surface area contributed by atoms with Gasteiger partial charge in [0.1, 0.15) is 6.04 Å². The summed E-state index contributed by atoms with van der Waals surface area (Å²) in [5, 5.41) is 31.8. The smallest absolute Gasteiger partial charge is 0.326 e. The van der Waals surface area contributed by atoms with Gasteiger partial charge in [-0.25, -0.2) is 14.8 Å². The SMILES string of the molecule is Nc1nc2ncc(CNc3ccc(C(=O)NC(CCC(=O)O)C(=O)O)cc3)nc2c(=O)[nH]1.O=C1CCC(=O)N1O. The number of amides is 3. The molecule has 8 N–H and O–H groups in total. The number of hydrogen-bond acceptors (Lipinski definition) is 12. The van der Waals surface area contributed by atoms with E-state index in [1.807, 2.05) is 0 Å². The van der Waals surface area contributed by atoms with Crippen LogP contribution in [-0.2, 0) is 25.7 Å². The number of rotatable bonds is 9. The summed E-state index contributed by atoms with van der Waals surface area (Å²) >= 11 is 0. The normalized spacial score (nSPS) is 13.4. The number of anilines is 2. The molecule has 17 heteroatoms. The van der Waals surface area contributed by atoms with Crippen LogP contribution in [0.25, 0.3) is 11.2 Å². The molecule has 0 bridgehead atoms. The predicted octanol–water partition coefficient (Wildman–Crippen LogP) is -0.520. The van der Waals surface area contributed by atoms with Crippen molar-refractivity contribution in [3.8, 4) is 0 Å². The highest BCUT2D eigenvalue weighted by atomic mass is 16.5. The van der Waals surface area contributed by atoms with Gasteiger partial charge in [0, 0.05) is 30.5 Å². The van der Waals surface area contributed by atoms with Gasteiger partial charge in [-0.05, 0) is 30.7 Å². The third-order valence-electron chi connectivity index (χ3n) is 5.38. The number of fused-ring (bicyclic) bond motifs is 1. The van der Waals surface area contributed by atoms with Crippen molar-refractivity contribution in [3.05, 3.63) is 52.1 Å². The number of aliphatic carboxylic acids is 2. The van der Waals surface area contributed by atoms with E-state index >= 15 is 0 Å². The number of carboxylic acids is 2. The van der Waals surface area contributed by atoms with Crippen LogP contribution in [0.1, 0.15) is 41.7 Å². The molecule has 1 aliphatic heterocycles. The number of carbonyl (C=O) groups excluding carboxylic acids is 3. The molecule has 1 unspecified atom stereocenters. The maximum atomic E-state index is 12.3. The number of nitrogens with two attached hydrogens (primary N) is 1. The number of carboxylic acid groups (broad SMARTS) is 2. The Labute approximate surface area is 224 Å². The molecule has 1 aliphatic rings. The first-order valence-corrected chi connectivity index (χ1v) is 11.6. The number of H-pyrrole nitrogens is 1. The van der Waals surface area contributed by atoms with E-state index in [9.17, 15) is 28.8 Å². The Balaban J connectivity index is 0.000000472. The molecule has 0 spiro atoms. The first-order chi connectivity index (χ1) is 18.9. The number of hydroxylamine groups is 2. The van der Waals surface area contributed by atoms with Gasteiger partial charge in [0.25, 0.3) is 23.3 Å². The van der Waals surface area contributed by atoms with Gasteiger partial charge in [-0.2, -0.15) is 10.0 Å². The molecule has 210 valence electrons. The second-order valence-electron chi connectivity index (χ2n) is 8.31. The molecule has 1 fully saturated rings. The number of aromatic nitrogens is 4. The van der Waals surface area contributed by atoms with Gasteiger partial charge in [-0.1, -0.05) is 0 Å². The van der Waals surface area contributed by atoms with Crippen molar-refractivity contribution in [2.45, 2.75) is 38.3 Å². The van der Waals surface area contributed by atoms with Gasteiger partial charge in [-0.3, -0.25) is 34.2 Å². The van der Waals surface area contributed by atoms with Crippen LogP contribution in [-0.4, -0.2) is 76.1 Å². The van der Waals surface area contributed by atoms with Crippen molar-refractivity contribution >= 4 is 52.5 Å². The van der Waals surface area contributed by atoms with E-state index in [1.54, 1.807) is 12.1 Å². The van der Waals surface area contributed by atoms with Crippen molar-refractivity contribution in [3.63, 3.8) is 0 Å². The molecule has 40 heavy (non-hydrogen) atoms. The lowest BCUT2D eigenvalue weighted by Gasteiger charge is -2.14. The number of aromatic amines is 1. The minimum absolute atomic E-state index is 0.0524. The maximum Gasteiger partial charge on any atom is 0.326 e. The van der Waals surface area contributed by atoms with Crippen LogP contribution in [0, 0.1) is 0 Å². The van der Waals surface area contributed by atoms with Crippen molar-refractivity contribution < 1.29 is 39.4 Å². The van der Waals surface area contributed by atoms with Crippen LogP contribution in [0.5, 0.6) is 0 Å². The minimum Gasteiger partial charge on any atom is -0.481 e. The molecule has 0 radical (unpaired) electrons. The number of carbonyl (C=O) groups is 5. The summed E-state index contributed by atoms with van der Waals surface area (Å²) in [6.45, 7) is 0.231. The van der Waals surface area contributed by atoms with Gasteiger partial charge < -0.3 is 26.6 Å². The summed E-state index contributed by atoms with van der Waals surface area (Å²) < 4.78 is 0. The third-order valence-corrected chi connectivity index (χ3v) is 5.38. The van der Waals surface area contributed by atoms with Crippen molar-refractivity contribution in [1.29, 1.82) is 0 Å². The molecule has 2 aromatic heterocycles. The number of hydrogen-bond donors (Lipinski definition) is 7. The zero-order valence-corrected chi connectivity index (χ0v) is 20.7. The summed E-state index contributed by atoms with van der Waals surface area (Å²) in [5.74, 6) is -4.16. The third kappa shape index (κ3) is 7.78. The Morgan fingerprint density at radius 3 is 2.25 bits per heavy atom. The summed E-state index contributed by atoms with van der Waals surface area (Å²) in [6.07, 6.45) is 1.14. The number of benzene rings is 1. The van der Waals surface area contributed by atoms with Crippen LogP contribution in [0.4, 0.5) is 11.6 Å². The lowest BCUT2D eigenvalue weighted by molar-refractivity contribution is -0.171. The lowest BCUT2D eigenvalue weighted by Crippen LogP contribution is -2.41. The molecule has 0 saturated carbocycles. The van der Waals surface area contributed by atoms with E-state index in [2.05, 4.69) is 30.6 Å². The van der Waals surface area contributed by atoms with E-state index in [4.69, 9.17) is 21.2 Å². The monoisotopic (exact) mass is 556 g/mol. The van der Waals surface area contributed by atoms with E-state index in [0.717, 1.165) is 0 Å². The average Bonchev–Trinajstić information content (AvgIpc) is 3.21. The number of nitrogens with one attached hydrogen (secondary N) is 3. The average molecular weight is 556 g/mol. The highest BCUT2D eigenvalue weighted by Crippen LogP contribution is 2.12. The molecule has 17 nitrogen and oxygen atoms in total. The number of imide groups is 1. The first-order valence-electron chi connectivity index (χ1n) is 11.6. The Hall–Kier alpha value is -5.45. The first kappa shape index (κ1) is 29.1. The minimum atomic E-state index is -1.31. The zero-order valence-electron chi connectivity index (χ0n) is 20.7. The molecule has 1 atom stereocenters. The van der Waals surface area contributed by atoms with E-state index in [1.165, 1.54) is 18.3 Å². The molecule has 1 saturated heterocycles. The second kappa shape index (κ2) is 12.9. The quantitative estimate of drug-likeness (QED) is 0.129. The lowest BCUT2D eigenvalue weighted by atomic mass is 10.1. The van der Waals surface area contributed by atoms with Crippen molar-refractivity contribution in [1.82, 2.24) is 30.3 Å². The van der Waals surface area contributed by atoms with Crippen molar-refractivity contribution in [2.24, 2.45) is 0 Å². The van der Waals surface area contributed by atoms with Gasteiger partial charge in [-0.15, -0.1) is 0 Å². The largest absolute Gasteiger partial charge is 0.481 e. The highest BCUT2D eigenvalue weighted by molar-refractivity contribution is 6.00. The molecule has 4 rings (SSSR count). The summed E-state index contributed by atoms with van der Waals surface area (Å²) in [6, 6.07) is 4.86. The fourth-order valence-corrected chi connectivity index (χ4v) is 3.32. The highest BCUT2D eigenvalue weighted by Gasteiger charge is 2.26. The second-order valence-corrected chi connectivity index (χ2v) is 8.31. The number of nitrogen functional groups attached to an aromatic ring is 1. The Kier molecular flexibility index (Phi) is 9.37. The fourth-order valence-electron chi connectivity index (χ4n) is 3.32. The van der Waals surface area contributed by atoms with Gasteiger partial charge in [0.2, 0.25) is 5.95 Å². The van der Waals surface area contributed by atoms with Gasteiger partial charge in [0.05, 0.1) is 18.4 Å². The standard InChI is InChI=1S/C19H19N7O6.C4H5NO3/c20-19-25-15-14(17(30)26-19)23-11(8-22-15)7-21-10-3-1-9(2-4-10)16(29)24-12(18(31)32)5-6-13(27)28;6-3-1-2-4(7)5(3)8/h1-4,8,12,21H,5-7H2,(H,24,29)(H,27,28)(H,31,32)(H3,20,22,25,26,30);8H,1-2H2. The maximum absolute atomic E-state index is 12.3. The molecule has 3 heterocycles.